The fourth-order valence-electron chi connectivity index (χ4n) is 5.48. The van der Waals surface area contributed by atoms with Crippen molar-refractivity contribution >= 4 is 23.5 Å². The van der Waals surface area contributed by atoms with Crippen LogP contribution in [0.2, 0.25) is 0 Å². The van der Waals surface area contributed by atoms with Crippen LogP contribution in [0.4, 0.5) is 10.5 Å². The zero-order valence-corrected chi connectivity index (χ0v) is 20.8. The van der Waals surface area contributed by atoms with Gasteiger partial charge in [0.05, 0.1) is 19.0 Å². The predicted octanol–water partition coefficient (Wildman–Crippen LogP) is 4.27. The number of pyridine rings is 1. The molecule has 2 aliphatic rings. The molecule has 35 heavy (non-hydrogen) atoms. The summed E-state index contributed by atoms with van der Waals surface area (Å²) in [7, 11) is 1.57. The van der Waals surface area contributed by atoms with Gasteiger partial charge in [0.15, 0.2) is 11.5 Å². The Morgan fingerprint density at radius 1 is 1.20 bits per heavy atom. The van der Waals surface area contributed by atoms with Gasteiger partial charge in [0.25, 0.3) is 5.91 Å². The van der Waals surface area contributed by atoms with Gasteiger partial charge in [0.1, 0.15) is 12.1 Å². The van der Waals surface area contributed by atoms with Crippen molar-refractivity contribution in [2.45, 2.75) is 52.5 Å². The smallest absolute Gasteiger partial charge is 0.325 e. The zero-order chi connectivity index (χ0) is 25.4. The van der Waals surface area contributed by atoms with Crippen LogP contribution in [0, 0.1) is 18.3 Å². The number of benzene rings is 1. The molecule has 2 unspecified atom stereocenters. The third-order valence-electron chi connectivity index (χ3n) is 6.48. The Balaban J connectivity index is 1.38. The normalized spacial score (nSPS) is 23.2. The number of nitrogens with one attached hydrogen (secondary N) is 2. The van der Waals surface area contributed by atoms with Crippen molar-refractivity contribution < 1.29 is 23.9 Å². The fourth-order valence-corrected chi connectivity index (χ4v) is 5.48. The van der Waals surface area contributed by atoms with Gasteiger partial charge in [-0.25, -0.2) is 9.78 Å². The highest BCUT2D eigenvalue weighted by Crippen LogP contribution is 2.46. The minimum absolute atomic E-state index is 0.0725. The van der Waals surface area contributed by atoms with Crippen molar-refractivity contribution in [1.29, 1.82) is 0 Å². The van der Waals surface area contributed by atoms with Crippen molar-refractivity contribution in [2.75, 3.05) is 19.0 Å². The molecule has 9 heteroatoms. The number of nitrogens with zero attached hydrogens (tertiary/aromatic N) is 2. The molecule has 1 saturated heterocycles. The maximum Gasteiger partial charge on any atom is 0.325 e. The molecule has 1 aromatic heterocycles. The lowest BCUT2D eigenvalue weighted by molar-refractivity contribution is -0.136. The van der Waals surface area contributed by atoms with Crippen LogP contribution in [0.1, 0.15) is 45.6 Å². The number of carbonyl (C=O) groups is 3. The number of methoxy groups -OCH3 is 1. The van der Waals surface area contributed by atoms with E-state index in [4.69, 9.17) is 9.47 Å². The second-order valence-corrected chi connectivity index (χ2v) is 10.4. The average Bonchev–Trinajstić information content (AvgIpc) is 2.97. The first-order valence-corrected chi connectivity index (χ1v) is 11.7. The summed E-state index contributed by atoms with van der Waals surface area (Å²) in [5.41, 5.74) is 0.456. The first-order chi connectivity index (χ1) is 16.5. The van der Waals surface area contributed by atoms with Crippen LogP contribution in [0.25, 0.3) is 0 Å². The monoisotopic (exact) mass is 480 g/mol. The van der Waals surface area contributed by atoms with E-state index in [-0.39, 0.29) is 17.9 Å². The highest BCUT2D eigenvalue weighted by Gasteiger charge is 2.56. The Kier molecular flexibility index (Phi) is 6.44. The van der Waals surface area contributed by atoms with Gasteiger partial charge in [-0.2, -0.15) is 0 Å². The van der Waals surface area contributed by atoms with E-state index in [0.717, 1.165) is 16.9 Å². The molecule has 2 fully saturated rings. The Labute approximate surface area is 205 Å². The number of aryl methyl sites for hydroxylation is 1. The van der Waals surface area contributed by atoms with Gasteiger partial charge in [-0.15, -0.1) is 0 Å². The number of aromatic nitrogens is 1. The van der Waals surface area contributed by atoms with E-state index in [9.17, 15) is 14.4 Å². The minimum atomic E-state index is -0.934. The molecule has 1 aliphatic carbocycles. The molecule has 1 spiro atoms. The molecule has 2 atom stereocenters. The average molecular weight is 481 g/mol. The summed E-state index contributed by atoms with van der Waals surface area (Å²) in [6.45, 7) is 7.90. The quantitative estimate of drug-likeness (QED) is 0.598. The first kappa shape index (κ1) is 24.5. The fraction of sp³-hybridized carbons (Fsp3) is 0.462. The molecule has 4 amide bonds. The maximum atomic E-state index is 13.2. The van der Waals surface area contributed by atoms with Crippen molar-refractivity contribution in [3.8, 4) is 17.4 Å². The lowest BCUT2D eigenvalue weighted by atomic mass is 9.64. The van der Waals surface area contributed by atoms with E-state index in [0.29, 0.717) is 41.8 Å². The molecule has 9 nitrogen and oxygen atoms in total. The van der Waals surface area contributed by atoms with E-state index in [1.807, 2.05) is 19.1 Å². The van der Waals surface area contributed by atoms with E-state index in [1.54, 1.807) is 25.3 Å². The number of ether oxygens (including phenoxy) is 2. The van der Waals surface area contributed by atoms with Crippen LogP contribution in [0.3, 0.4) is 0 Å². The van der Waals surface area contributed by atoms with Crippen molar-refractivity contribution in [3.63, 3.8) is 0 Å². The van der Waals surface area contributed by atoms with E-state index >= 15 is 0 Å². The molecular formula is C26H32N4O5. The molecule has 1 saturated carbocycles. The second-order valence-electron chi connectivity index (χ2n) is 10.4. The SMILES string of the molecule is COc1cc(C)ccc1Oc1ccc(NC(=O)CN2C(=O)NC3(CC(C)CC(C)(C)C3)C2=O)cn1. The van der Waals surface area contributed by atoms with Gasteiger partial charge in [-0.1, -0.05) is 26.8 Å². The molecule has 1 aliphatic heterocycles. The number of imide groups is 1. The molecule has 4 rings (SSSR count). The molecular weight excluding hydrogens is 448 g/mol. The summed E-state index contributed by atoms with van der Waals surface area (Å²) < 4.78 is 11.1. The predicted molar refractivity (Wildman–Crippen MR) is 130 cm³/mol. The van der Waals surface area contributed by atoms with Gasteiger partial charge in [-0.05, 0) is 61.3 Å². The Morgan fingerprint density at radius 2 is 1.97 bits per heavy atom. The maximum absolute atomic E-state index is 13.2. The number of rotatable bonds is 6. The topological polar surface area (TPSA) is 110 Å². The van der Waals surface area contributed by atoms with Crippen molar-refractivity contribution in [2.24, 2.45) is 11.3 Å². The highest BCUT2D eigenvalue weighted by atomic mass is 16.5. The van der Waals surface area contributed by atoms with Gasteiger partial charge in [0.2, 0.25) is 11.8 Å². The van der Waals surface area contributed by atoms with Crippen LogP contribution in [0.15, 0.2) is 36.5 Å². The van der Waals surface area contributed by atoms with Crippen LogP contribution in [-0.2, 0) is 9.59 Å². The number of hydrogen-bond donors (Lipinski definition) is 2. The van der Waals surface area contributed by atoms with Crippen LogP contribution < -0.4 is 20.1 Å². The third kappa shape index (κ3) is 5.23. The number of amides is 4. The molecule has 2 heterocycles. The second kappa shape index (κ2) is 9.20. The first-order valence-electron chi connectivity index (χ1n) is 11.7. The summed E-state index contributed by atoms with van der Waals surface area (Å²) in [6.07, 6.45) is 3.58. The molecule has 1 aromatic carbocycles. The summed E-state index contributed by atoms with van der Waals surface area (Å²) in [6, 6.07) is 8.29. The molecule has 2 N–H and O–H groups in total. The number of urea groups is 1. The molecule has 0 bridgehead atoms. The van der Waals surface area contributed by atoms with Gasteiger partial charge < -0.3 is 20.1 Å². The lowest BCUT2D eigenvalue weighted by Crippen LogP contribution is -2.54. The Hall–Kier alpha value is -3.62. The number of carbonyl (C=O) groups excluding carboxylic acids is 3. The highest BCUT2D eigenvalue weighted by molar-refractivity contribution is 6.10. The van der Waals surface area contributed by atoms with Crippen molar-refractivity contribution in [1.82, 2.24) is 15.2 Å². The largest absolute Gasteiger partial charge is 0.493 e. The lowest BCUT2D eigenvalue weighted by Gasteiger charge is -2.43. The van der Waals surface area contributed by atoms with E-state index in [2.05, 4.69) is 36.4 Å². The summed E-state index contributed by atoms with van der Waals surface area (Å²) in [5, 5.41) is 5.58. The van der Waals surface area contributed by atoms with E-state index < -0.39 is 17.5 Å². The Morgan fingerprint density at radius 3 is 2.63 bits per heavy atom. The zero-order valence-electron chi connectivity index (χ0n) is 20.8. The van der Waals surface area contributed by atoms with Gasteiger partial charge in [0, 0.05) is 6.07 Å². The van der Waals surface area contributed by atoms with Crippen molar-refractivity contribution in [3.05, 3.63) is 42.1 Å². The number of hydrogen-bond acceptors (Lipinski definition) is 6. The van der Waals surface area contributed by atoms with Crippen LogP contribution >= 0.6 is 0 Å². The van der Waals surface area contributed by atoms with Gasteiger partial charge >= 0.3 is 6.03 Å². The molecule has 0 radical (unpaired) electrons. The number of anilines is 1. The summed E-state index contributed by atoms with van der Waals surface area (Å²) >= 11 is 0. The van der Waals surface area contributed by atoms with E-state index in [1.165, 1.54) is 6.20 Å². The summed E-state index contributed by atoms with van der Waals surface area (Å²) in [4.78, 5) is 43.8. The standard InChI is InChI=1S/C26H32N4O5/c1-16-6-8-19(20(10-16)34-5)35-22-9-7-18(13-27-22)28-21(31)14-30-23(32)26(29-24(30)33)12-17(2)11-25(3,4)15-26/h6-10,13,17H,11-12,14-15H2,1-5H3,(H,28,31)(H,29,33). The summed E-state index contributed by atoms with van der Waals surface area (Å²) in [5.74, 6) is 0.926. The Bertz CT molecular complexity index is 1150. The van der Waals surface area contributed by atoms with Crippen LogP contribution in [0.5, 0.6) is 17.4 Å². The van der Waals surface area contributed by atoms with Crippen LogP contribution in [-0.4, -0.2) is 46.9 Å². The van der Waals surface area contributed by atoms with Gasteiger partial charge in [-0.3, -0.25) is 14.5 Å². The molecule has 186 valence electrons. The third-order valence-corrected chi connectivity index (χ3v) is 6.48. The molecule has 2 aromatic rings. The minimum Gasteiger partial charge on any atom is -0.493 e.